The molecule has 0 amide bonds. The van der Waals surface area contributed by atoms with Gasteiger partial charge in [-0.05, 0) is 33.1 Å². The zero-order valence-corrected chi connectivity index (χ0v) is 20.6. The number of rotatable bonds is 20. The molecule has 172 valence electrons. The van der Waals surface area contributed by atoms with Crippen molar-refractivity contribution in [1.29, 1.82) is 0 Å². The molecule has 1 atom stereocenters. The molecule has 1 unspecified atom stereocenters. The van der Waals surface area contributed by atoms with Crippen LogP contribution in [0, 0.1) is 0 Å². The van der Waals surface area contributed by atoms with Gasteiger partial charge >= 0.3 is 0 Å². The van der Waals surface area contributed by atoms with Gasteiger partial charge in [-0.2, -0.15) is 0 Å². The SMILES string of the molecule is CCCCCCCCCCCCCN1C=CN(C(C)C)C1CCCCCCCC. The Labute approximate surface area is 184 Å². The second-order valence-corrected chi connectivity index (χ2v) is 9.65. The zero-order chi connectivity index (χ0) is 21.2. The highest BCUT2D eigenvalue weighted by atomic mass is 15.4. The fourth-order valence-electron chi connectivity index (χ4n) is 4.65. The fraction of sp³-hybridized carbons (Fsp3) is 0.926. The Balaban J connectivity index is 2.11. The number of unbranched alkanes of at least 4 members (excludes halogenated alkanes) is 15. The van der Waals surface area contributed by atoms with E-state index in [1.54, 1.807) is 0 Å². The van der Waals surface area contributed by atoms with Crippen LogP contribution in [0.5, 0.6) is 0 Å². The molecule has 0 saturated carbocycles. The maximum absolute atomic E-state index is 2.64. The van der Waals surface area contributed by atoms with E-state index in [0.717, 1.165) is 0 Å². The molecule has 0 aromatic rings. The van der Waals surface area contributed by atoms with Crippen LogP contribution in [0.4, 0.5) is 0 Å². The first kappa shape index (κ1) is 26.4. The molecule has 1 aliphatic rings. The van der Waals surface area contributed by atoms with Crippen LogP contribution >= 0.6 is 0 Å². The minimum absolute atomic E-state index is 0.610. The summed E-state index contributed by atoms with van der Waals surface area (Å²) in [5.41, 5.74) is 0. The number of hydrogen-bond donors (Lipinski definition) is 0. The highest BCUT2D eigenvalue weighted by Gasteiger charge is 2.26. The largest absolute Gasteiger partial charge is 0.356 e. The third-order valence-corrected chi connectivity index (χ3v) is 6.59. The average Bonchev–Trinajstić information content (AvgIpc) is 3.12. The van der Waals surface area contributed by atoms with Crippen molar-refractivity contribution in [2.45, 2.75) is 155 Å². The van der Waals surface area contributed by atoms with E-state index >= 15 is 0 Å². The van der Waals surface area contributed by atoms with Crippen LogP contribution in [0.1, 0.15) is 143 Å². The highest BCUT2D eigenvalue weighted by Crippen LogP contribution is 2.24. The van der Waals surface area contributed by atoms with Crippen molar-refractivity contribution in [3.8, 4) is 0 Å². The topological polar surface area (TPSA) is 6.48 Å². The molecule has 0 aliphatic carbocycles. The van der Waals surface area contributed by atoms with Crippen LogP contribution in [0.3, 0.4) is 0 Å². The second kappa shape index (κ2) is 18.1. The number of nitrogens with zero attached hydrogens (tertiary/aromatic N) is 2. The predicted molar refractivity (Wildman–Crippen MR) is 131 cm³/mol. The van der Waals surface area contributed by atoms with Crippen LogP contribution in [0.25, 0.3) is 0 Å². The Hall–Kier alpha value is -0.660. The average molecular weight is 407 g/mol. The van der Waals surface area contributed by atoms with Gasteiger partial charge in [-0.3, -0.25) is 0 Å². The van der Waals surface area contributed by atoms with Gasteiger partial charge in [-0.25, -0.2) is 0 Å². The van der Waals surface area contributed by atoms with Crippen LogP contribution in [0.2, 0.25) is 0 Å². The smallest absolute Gasteiger partial charge is 0.101 e. The molecule has 0 spiro atoms. The molecule has 29 heavy (non-hydrogen) atoms. The maximum Gasteiger partial charge on any atom is 0.101 e. The monoisotopic (exact) mass is 406 g/mol. The Morgan fingerprint density at radius 2 is 1.03 bits per heavy atom. The predicted octanol–water partition coefficient (Wildman–Crippen LogP) is 8.87. The molecule has 1 heterocycles. The first-order valence-corrected chi connectivity index (χ1v) is 13.4. The van der Waals surface area contributed by atoms with Gasteiger partial charge in [0.25, 0.3) is 0 Å². The lowest BCUT2D eigenvalue weighted by molar-refractivity contribution is 0.114. The summed E-state index contributed by atoms with van der Waals surface area (Å²) in [6.07, 6.45) is 30.8. The van der Waals surface area contributed by atoms with Crippen molar-refractivity contribution in [3.05, 3.63) is 12.4 Å². The number of hydrogen-bond acceptors (Lipinski definition) is 2. The van der Waals surface area contributed by atoms with Crippen molar-refractivity contribution in [2.24, 2.45) is 0 Å². The van der Waals surface area contributed by atoms with Crippen molar-refractivity contribution in [3.63, 3.8) is 0 Å². The van der Waals surface area contributed by atoms with Crippen molar-refractivity contribution in [1.82, 2.24) is 9.80 Å². The fourth-order valence-corrected chi connectivity index (χ4v) is 4.65. The van der Waals surface area contributed by atoms with E-state index in [2.05, 4.69) is 49.9 Å². The Morgan fingerprint density at radius 3 is 1.52 bits per heavy atom. The van der Waals surface area contributed by atoms with Crippen LogP contribution in [-0.2, 0) is 0 Å². The van der Waals surface area contributed by atoms with E-state index in [1.165, 1.54) is 122 Å². The van der Waals surface area contributed by atoms with E-state index in [1.807, 2.05) is 0 Å². The minimum Gasteiger partial charge on any atom is -0.356 e. The summed E-state index contributed by atoms with van der Waals surface area (Å²) in [6, 6.07) is 0.610. The molecule has 0 aromatic heterocycles. The van der Waals surface area contributed by atoms with Crippen LogP contribution in [0.15, 0.2) is 12.4 Å². The molecule has 1 rings (SSSR count). The summed E-state index contributed by atoms with van der Waals surface area (Å²) < 4.78 is 0. The van der Waals surface area contributed by atoms with E-state index in [0.29, 0.717) is 12.2 Å². The van der Waals surface area contributed by atoms with E-state index in [9.17, 15) is 0 Å². The van der Waals surface area contributed by atoms with Gasteiger partial charge in [0, 0.05) is 25.0 Å². The molecule has 0 fully saturated rings. The van der Waals surface area contributed by atoms with E-state index in [-0.39, 0.29) is 0 Å². The van der Waals surface area contributed by atoms with Crippen molar-refractivity contribution >= 4 is 0 Å². The Bertz CT molecular complexity index is 377. The van der Waals surface area contributed by atoms with Gasteiger partial charge in [-0.15, -0.1) is 0 Å². The van der Waals surface area contributed by atoms with E-state index in [4.69, 9.17) is 0 Å². The zero-order valence-electron chi connectivity index (χ0n) is 20.6. The molecular weight excluding hydrogens is 352 g/mol. The second-order valence-electron chi connectivity index (χ2n) is 9.65. The first-order valence-electron chi connectivity index (χ1n) is 13.4. The normalized spacial score (nSPS) is 16.5. The van der Waals surface area contributed by atoms with Gasteiger partial charge < -0.3 is 9.80 Å². The van der Waals surface area contributed by atoms with Gasteiger partial charge in [0.05, 0.1) is 0 Å². The quantitative estimate of drug-likeness (QED) is 0.186. The molecule has 2 nitrogen and oxygen atoms in total. The summed E-state index contributed by atoms with van der Waals surface area (Å²) in [6.45, 7) is 10.5. The molecular formula is C27H54N2. The molecule has 2 heteroatoms. The van der Waals surface area contributed by atoms with Gasteiger partial charge in [-0.1, -0.05) is 110 Å². The maximum atomic E-state index is 2.64. The summed E-state index contributed by atoms with van der Waals surface area (Å²) >= 11 is 0. The molecule has 0 aromatic carbocycles. The minimum atomic E-state index is 0.610. The van der Waals surface area contributed by atoms with Gasteiger partial charge in [0.2, 0.25) is 0 Å². The molecule has 0 radical (unpaired) electrons. The Morgan fingerprint density at radius 1 is 0.586 bits per heavy atom. The molecule has 0 N–H and O–H groups in total. The summed E-state index contributed by atoms with van der Waals surface area (Å²) in [7, 11) is 0. The lowest BCUT2D eigenvalue weighted by atomic mass is 10.1. The Kier molecular flexibility index (Phi) is 16.5. The van der Waals surface area contributed by atoms with Crippen molar-refractivity contribution in [2.75, 3.05) is 6.54 Å². The molecule has 0 bridgehead atoms. The standard InChI is InChI=1S/C27H54N2/c1-5-7-9-11-13-14-15-16-17-19-21-23-28-24-25-29(26(3)4)27(28)22-20-18-12-10-8-6-2/h24-27H,5-23H2,1-4H3. The van der Waals surface area contributed by atoms with Crippen LogP contribution in [-0.4, -0.2) is 28.6 Å². The van der Waals surface area contributed by atoms with E-state index < -0.39 is 0 Å². The third kappa shape index (κ3) is 12.6. The highest BCUT2D eigenvalue weighted by molar-refractivity contribution is 4.98. The van der Waals surface area contributed by atoms with Crippen LogP contribution < -0.4 is 0 Å². The lowest BCUT2D eigenvalue weighted by Gasteiger charge is -2.35. The lowest BCUT2D eigenvalue weighted by Crippen LogP contribution is -2.42. The first-order chi connectivity index (χ1) is 14.2. The van der Waals surface area contributed by atoms with Gasteiger partial charge in [0.15, 0.2) is 0 Å². The molecule has 1 aliphatic heterocycles. The summed E-state index contributed by atoms with van der Waals surface area (Å²) in [4.78, 5) is 5.23. The van der Waals surface area contributed by atoms with Crippen molar-refractivity contribution < 1.29 is 0 Å². The third-order valence-electron chi connectivity index (χ3n) is 6.59. The summed E-state index contributed by atoms with van der Waals surface area (Å²) in [5, 5.41) is 0. The van der Waals surface area contributed by atoms with Gasteiger partial charge in [0.1, 0.15) is 6.17 Å². The molecule has 0 saturated heterocycles. The summed E-state index contributed by atoms with van der Waals surface area (Å²) in [5.74, 6) is 0.